The Morgan fingerprint density at radius 1 is 1.19 bits per heavy atom. The monoisotopic (exact) mass is 226 g/mol. The minimum absolute atomic E-state index is 0.708. The van der Waals surface area contributed by atoms with Crippen molar-refractivity contribution in [1.29, 1.82) is 0 Å². The molecular formula is C13H26N2O. The molecule has 2 atom stereocenters. The van der Waals surface area contributed by atoms with Crippen LogP contribution in [-0.4, -0.2) is 49.3 Å². The molecule has 2 rings (SSSR count). The lowest BCUT2D eigenvalue weighted by molar-refractivity contribution is 0.0667. The van der Waals surface area contributed by atoms with Crippen molar-refractivity contribution in [2.75, 3.05) is 26.3 Å². The van der Waals surface area contributed by atoms with Crippen LogP contribution in [0.5, 0.6) is 0 Å². The first-order valence-electron chi connectivity index (χ1n) is 6.87. The van der Waals surface area contributed by atoms with Crippen LogP contribution in [0.4, 0.5) is 0 Å². The molecule has 2 fully saturated rings. The molecule has 94 valence electrons. The van der Waals surface area contributed by atoms with Gasteiger partial charge in [-0.25, -0.2) is 0 Å². The average molecular weight is 226 g/mol. The minimum atomic E-state index is 0.708. The first-order valence-corrected chi connectivity index (χ1v) is 6.87. The second-order valence-electron chi connectivity index (χ2n) is 5.25. The number of nitrogens with zero attached hydrogens (tertiary/aromatic N) is 1. The summed E-state index contributed by atoms with van der Waals surface area (Å²) in [5, 5.41) is 3.83. The van der Waals surface area contributed by atoms with Gasteiger partial charge in [0.15, 0.2) is 0 Å². The molecule has 0 aromatic heterocycles. The molecule has 2 unspecified atom stereocenters. The lowest BCUT2D eigenvalue weighted by Gasteiger charge is -2.39. The Bertz CT molecular complexity index is 204. The molecule has 0 saturated carbocycles. The van der Waals surface area contributed by atoms with E-state index in [0.717, 1.165) is 25.3 Å². The van der Waals surface area contributed by atoms with Crippen LogP contribution >= 0.6 is 0 Å². The van der Waals surface area contributed by atoms with E-state index in [0.29, 0.717) is 6.04 Å². The zero-order valence-electron chi connectivity index (χ0n) is 10.7. The van der Waals surface area contributed by atoms with Gasteiger partial charge in [-0.1, -0.05) is 6.92 Å². The summed E-state index contributed by atoms with van der Waals surface area (Å²) in [5.74, 6) is 0. The zero-order chi connectivity index (χ0) is 11.4. The summed E-state index contributed by atoms with van der Waals surface area (Å²) in [6.07, 6.45) is 5.02. The van der Waals surface area contributed by atoms with Crippen molar-refractivity contribution in [2.24, 2.45) is 0 Å². The highest BCUT2D eigenvalue weighted by molar-refractivity contribution is 4.85. The van der Waals surface area contributed by atoms with Gasteiger partial charge in [-0.3, -0.25) is 0 Å². The van der Waals surface area contributed by atoms with E-state index in [4.69, 9.17) is 4.74 Å². The standard InChI is InChI=1S/C13H26N2O/c1-3-15-7-4-13(10-11(15)2)14-12-5-8-16-9-6-12/h11-14H,3-10H2,1-2H3. The molecule has 3 heteroatoms. The summed E-state index contributed by atoms with van der Waals surface area (Å²) in [4.78, 5) is 2.59. The first-order chi connectivity index (χ1) is 7.79. The summed E-state index contributed by atoms with van der Waals surface area (Å²) in [6.45, 7) is 8.98. The molecule has 2 aliphatic heterocycles. The normalized spacial score (nSPS) is 34.1. The topological polar surface area (TPSA) is 24.5 Å². The molecule has 0 spiro atoms. The van der Waals surface area contributed by atoms with Crippen molar-refractivity contribution in [2.45, 2.75) is 57.7 Å². The molecule has 2 heterocycles. The van der Waals surface area contributed by atoms with Crippen LogP contribution in [0.2, 0.25) is 0 Å². The highest BCUT2D eigenvalue weighted by atomic mass is 16.5. The van der Waals surface area contributed by atoms with Crippen LogP contribution in [0, 0.1) is 0 Å². The van der Waals surface area contributed by atoms with Crippen molar-refractivity contribution in [3.8, 4) is 0 Å². The van der Waals surface area contributed by atoms with E-state index in [-0.39, 0.29) is 0 Å². The summed E-state index contributed by atoms with van der Waals surface area (Å²) < 4.78 is 5.40. The fourth-order valence-corrected chi connectivity index (χ4v) is 3.04. The summed E-state index contributed by atoms with van der Waals surface area (Å²) in [7, 11) is 0. The molecule has 16 heavy (non-hydrogen) atoms. The van der Waals surface area contributed by atoms with Crippen molar-refractivity contribution in [3.05, 3.63) is 0 Å². The van der Waals surface area contributed by atoms with Gasteiger partial charge in [0.2, 0.25) is 0 Å². The number of hydrogen-bond acceptors (Lipinski definition) is 3. The summed E-state index contributed by atoms with van der Waals surface area (Å²) >= 11 is 0. The molecule has 2 saturated heterocycles. The zero-order valence-corrected chi connectivity index (χ0v) is 10.7. The summed E-state index contributed by atoms with van der Waals surface area (Å²) in [6, 6.07) is 2.19. The maximum absolute atomic E-state index is 5.40. The SMILES string of the molecule is CCN1CCC(NC2CCOCC2)CC1C. The largest absolute Gasteiger partial charge is 0.381 e. The number of piperidine rings is 1. The molecule has 0 amide bonds. The number of rotatable bonds is 3. The number of hydrogen-bond donors (Lipinski definition) is 1. The van der Waals surface area contributed by atoms with Gasteiger partial charge in [-0.2, -0.15) is 0 Å². The van der Waals surface area contributed by atoms with Gasteiger partial charge in [-0.05, 0) is 45.7 Å². The van der Waals surface area contributed by atoms with Crippen LogP contribution in [0.25, 0.3) is 0 Å². The van der Waals surface area contributed by atoms with E-state index >= 15 is 0 Å². The Morgan fingerprint density at radius 3 is 2.56 bits per heavy atom. The predicted molar refractivity (Wildman–Crippen MR) is 66.7 cm³/mol. The number of nitrogens with one attached hydrogen (secondary N) is 1. The van der Waals surface area contributed by atoms with Gasteiger partial charge in [0.1, 0.15) is 0 Å². The molecular weight excluding hydrogens is 200 g/mol. The minimum Gasteiger partial charge on any atom is -0.381 e. The number of ether oxygens (including phenoxy) is 1. The van der Waals surface area contributed by atoms with Crippen LogP contribution in [0.3, 0.4) is 0 Å². The second kappa shape index (κ2) is 5.99. The van der Waals surface area contributed by atoms with Gasteiger partial charge in [-0.15, -0.1) is 0 Å². The molecule has 0 aliphatic carbocycles. The van der Waals surface area contributed by atoms with Crippen LogP contribution in [-0.2, 0) is 4.74 Å². The van der Waals surface area contributed by atoms with Crippen LogP contribution in [0.15, 0.2) is 0 Å². The second-order valence-corrected chi connectivity index (χ2v) is 5.25. The molecule has 0 aromatic rings. The van der Waals surface area contributed by atoms with Gasteiger partial charge in [0, 0.05) is 31.3 Å². The third-order valence-electron chi connectivity index (χ3n) is 4.11. The van der Waals surface area contributed by atoms with Gasteiger partial charge < -0.3 is 15.0 Å². The predicted octanol–water partition coefficient (Wildman–Crippen LogP) is 1.63. The average Bonchev–Trinajstić information content (AvgIpc) is 2.31. The highest BCUT2D eigenvalue weighted by Crippen LogP contribution is 2.18. The fraction of sp³-hybridized carbons (Fsp3) is 1.00. The van der Waals surface area contributed by atoms with Gasteiger partial charge in [0.25, 0.3) is 0 Å². The Kier molecular flexibility index (Phi) is 4.62. The van der Waals surface area contributed by atoms with Crippen LogP contribution < -0.4 is 5.32 Å². The van der Waals surface area contributed by atoms with E-state index in [1.165, 1.54) is 38.8 Å². The Labute approximate surface area is 99.5 Å². The fourth-order valence-electron chi connectivity index (χ4n) is 3.04. The lowest BCUT2D eigenvalue weighted by Crippen LogP contribution is -2.50. The Balaban J connectivity index is 1.74. The van der Waals surface area contributed by atoms with Gasteiger partial charge in [0.05, 0.1) is 0 Å². The first kappa shape index (κ1) is 12.3. The molecule has 3 nitrogen and oxygen atoms in total. The van der Waals surface area contributed by atoms with Gasteiger partial charge >= 0.3 is 0 Å². The smallest absolute Gasteiger partial charge is 0.0480 e. The van der Waals surface area contributed by atoms with E-state index in [1.807, 2.05) is 0 Å². The molecule has 0 radical (unpaired) electrons. The van der Waals surface area contributed by atoms with E-state index < -0.39 is 0 Å². The third kappa shape index (κ3) is 3.19. The van der Waals surface area contributed by atoms with E-state index in [9.17, 15) is 0 Å². The number of likely N-dealkylation sites (tertiary alicyclic amines) is 1. The van der Waals surface area contributed by atoms with Crippen molar-refractivity contribution >= 4 is 0 Å². The molecule has 2 aliphatic rings. The highest BCUT2D eigenvalue weighted by Gasteiger charge is 2.26. The van der Waals surface area contributed by atoms with Crippen molar-refractivity contribution in [1.82, 2.24) is 10.2 Å². The third-order valence-corrected chi connectivity index (χ3v) is 4.11. The van der Waals surface area contributed by atoms with Crippen molar-refractivity contribution in [3.63, 3.8) is 0 Å². The van der Waals surface area contributed by atoms with Crippen molar-refractivity contribution < 1.29 is 4.74 Å². The Morgan fingerprint density at radius 2 is 1.94 bits per heavy atom. The van der Waals surface area contributed by atoms with Crippen LogP contribution in [0.1, 0.15) is 39.5 Å². The summed E-state index contributed by atoms with van der Waals surface area (Å²) in [5.41, 5.74) is 0. The lowest BCUT2D eigenvalue weighted by atomic mass is 9.96. The Hall–Kier alpha value is -0.120. The molecule has 0 bridgehead atoms. The molecule has 1 N–H and O–H groups in total. The maximum atomic E-state index is 5.40. The molecule has 0 aromatic carbocycles. The maximum Gasteiger partial charge on any atom is 0.0480 e. The van der Waals surface area contributed by atoms with E-state index in [2.05, 4.69) is 24.1 Å². The van der Waals surface area contributed by atoms with E-state index in [1.54, 1.807) is 0 Å². The quantitative estimate of drug-likeness (QED) is 0.791.